The summed E-state index contributed by atoms with van der Waals surface area (Å²) < 4.78 is 16.2. The molecule has 1 saturated heterocycles. The number of para-hydroxylation sites is 1. The summed E-state index contributed by atoms with van der Waals surface area (Å²) >= 11 is 0. The van der Waals surface area contributed by atoms with E-state index in [4.69, 9.17) is 5.10 Å². The van der Waals surface area contributed by atoms with Crippen LogP contribution < -0.4 is 4.90 Å². The van der Waals surface area contributed by atoms with E-state index in [1.165, 1.54) is 17.0 Å². The van der Waals surface area contributed by atoms with Crippen molar-refractivity contribution in [3.63, 3.8) is 0 Å². The molecule has 3 aromatic rings. The molecule has 0 bridgehead atoms. The van der Waals surface area contributed by atoms with E-state index in [9.17, 15) is 4.39 Å². The molecule has 5 heteroatoms. The molecule has 0 unspecified atom stereocenters. The molecule has 4 nitrogen and oxygen atoms in total. The number of hydrogen-bond donors (Lipinski definition) is 0. The number of piperazine rings is 1. The largest absolute Gasteiger partial charge is 0.367 e. The van der Waals surface area contributed by atoms with E-state index in [-0.39, 0.29) is 5.82 Å². The lowest BCUT2D eigenvalue weighted by Gasteiger charge is -2.36. The minimum atomic E-state index is -0.120. The number of aryl methyl sites for hydroxylation is 2. The Kier molecular flexibility index (Phi) is 7.36. The molecule has 2 heterocycles. The summed E-state index contributed by atoms with van der Waals surface area (Å²) in [6.45, 7) is 7.85. The molecule has 164 valence electrons. The van der Waals surface area contributed by atoms with Crippen molar-refractivity contribution >= 4 is 5.69 Å². The van der Waals surface area contributed by atoms with Crippen molar-refractivity contribution in [1.82, 2.24) is 14.7 Å². The molecule has 4 rings (SSSR count). The molecule has 31 heavy (non-hydrogen) atoms. The monoisotopic (exact) mass is 420 g/mol. The smallest absolute Gasteiger partial charge is 0.146 e. The number of rotatable bonds is 9. The topological polar surface area (TPSA) is 24.3 Å². The normalized spacial score (nSPS) is 14.8. The predicted molar refractivity (Wildman–Crippen MR) is 125 cm³/mol. The summed E-state index contributed by atoms with van der Waals surface area (Å²) in [5, 5.41) is 4.87. The van der Waals surface area contributed by atoms with Crippen LogP contribution in [0.1, 0.15) is 36.7 Å². The fraction of sp³-hybridized carbons (Fsp3) is 0.423. The first-order chi connectivity index (χ1) is 15.2. The van der Waals surface area contributed by atoms with Crippen LogP contribution in [0.2, 0.25) is 0 Å². The molecule has 0 spiro atoms. The first kappa shape index (κ1) is 21.6. The number of hydrogen-bond acceptors (Lipinski definition) is 3. The Morgan fingerprint density at radius 3 is 2.39 bits per heavy atom. The lowest BCUT2D eigenvalue weighted by molar-refractivity contribution is 0.254. The number of halogens is 1. The SMILES string of the molecule is CCCc1cc(CCCN2CCN(c3ccccc3F)CC2)n(Cc2ccccc2)n1. The summed E-state index contributed by atoms with van der Waals surface area (Å²) in [4.78, 5) is 4.67. The van der Waals surface area contributed by atoms with E-state index in [0.717, 1.165) is 70.6 Å². The van der Waals surface area contributed by atoms with E-state index < -0.39 is 0 Å². The van der Waals surface area contributed by atoms with E-state index in [0.29, 0.717) is 0 Å². The summed E-state index contributed by atoms with van der Waals surface area (Å²) in [5.74, 6) is -0.120. The Labute approximate surface area is 185 Å². The molecule has 2 aromatic carbocycles. The second-order valence-electron chi connectivity index (χ2n) is 8.40. The van der Waals surface area contributed by atoms with Crippen molar-refractivity contribution in [2.75, 3.05) is 37.6 Å². The van der Waals surface area contributed by atoms with Crippen LogP contribution in [0.3, 0.4) is 0 Å². The van der Waals surface area contributed by atoms with E-state index in [1.54, 1.807) is 12.1 Å². The first-order valence-corrected chi connectivity index (χ1v) is 11.5. The van der Waals surface area contributed by atoms with Crippen LogP contribution in [0, 0.1) is 5.82 Å². The maximum Gasteiger partial charge on any atom is 0.146 e. The molecule has 0 N–H and O–H groups in total. The van der Waals surface area contributed by atoms with Crippen LogP contribution >= 0.6 is 0 Å². The van der Waals surface area contributed by atoms with Crippen molar-refractivity contribution < 1.29 is 4.39 Å². The molecule has 1 fully saturated rings. The lowest BCUT2D eigenvalue weighted by atomic mass is 10.1. The maximum absolute atomic E-state index is 14.0. The van der Waals surface area contributed by atoms with Crippen molar-refractivity contribution in [1.29, 1.82) is 0 Å². The van der Waals surface area contributed by atoms with Gasteiger partial charge in [0, 0.05) is 31.9 Å². The van der Waals surface area contributed by atoms with Gasteiger partial charge in [-0.1, -0.05) is 55.8 Å². The third-order valence-corrected chi connectivity index (χ3v) is 6.07. The Morgan fingerprint density at radius 1 is 0.903 bits per heavy atom. The first-order valence-electron chi connectivity index (χ1n) is 11.5. The second-order valence-corrected chi connectivity index (χ2v) is 8.40. The van der Waals surface area contributed by atoms with Crippen LogP contribution in [0.4, 0.5) is 10.1 Å². The van der Waals surface area contributed by atoms with Gasteiger partial charge in [-0.25, -0.2) is 4.39 Å². The van der Waals surface area contributed by atoms with Gasteiger partial charge in [-0.15, -0.1) is 0 Å². The van der Waals surface area contributed by atoms with Crippen LogP contribution in [-0.4, -0.2) is 47.4 Å². The molecular formula is C26H33FN4. The van der Waals surface area contributed by atoms with Crippen LogP contribution in [0.15, 0.2) is 60.7 Å². The van der Waals surface area contributed by atoms with Gasteiger partial charge in [-0.3, -0.25) is 9.58 Å². The number of benzene rings is 2. The van der Waals surface area contributed by atoms with E-state index >= 15 is 0 Å². The highest BCUT2D eigenvalue weighted by atomic mass is 19.1. The van der Waals surface area contributed by atoms with Crippen LogP contribution in [-0.2, 0) is 19.4 Å². The Balaban J connectivity index is 1.30. The maximum atomic E-state index is 14.0. The zero-order chi connectivity index (χ0) is 21.5. The van der Waals surface area contributed by atoms with Crippen molar-refractivity contribution in [2.24, 2.45) is 0 Å². The molecule has 0 atom stereocenters. The van der Waals surface area contributed by atoms with Crippen molar-refractivity contribution in [3.05, 3.63) is 83.4 Å². The third-order valence-electron chi connectivity index (χ3n) is 6.07. The van der Waals surface area contributed by atoms with Gasteiger partial charge < -0.3 is 4.90 Å². The summed E-state index contributed by atoms with van der Waals surface area (Å²) in [6, 6.07) is 20.0. The van der Waals surface area contributed by atoms with Crippen LogP contribution in [0.5, 0.6) is 0 Å². The van der Waals surface area contributed by atoms with E-state index in [1.807, 2.05) is 12.1 Å². The zero-order valence-electron chi connectivity index (χ0n) is 18.5. The molecule has 1 aromatic heterocycles. The Bertz CT molecular complexity index is 945. The van der Waals surface area contributed by atoms with Gasteiger partial charge in [0.1, 0.15) is 5.82 Å². The molecule has 0 aliphatic carbocycles. The fourth-order valence-electron chi connectivity index (χ4n) is 4.39. The average Bonchev–Trinajstić information content (AvgIpc) is 3.16. The summed E-state index contributed by atoms with van der Waals surface area (Å²) in [6.07, 6.45) is 4.31. The standard InChI is InChI=1S/C26H33FN4/c1-2-9-23-20-24(31(28-23)21-22-10-4-3-5-11-22)12-8-15-29-16-18-30(19-17-29)26-14-7-6-13-25(26)27/h3-7,10-11,13-14,20H,2,8-9,12,15-19,21H2,1H3. The second kappa shape index (κ2) is 10.6. The average molecular weight is 421 g/mol. The fourth-order valence-corrected chi connectivity index (χ4v) is 4.39. The minimum absolute atomic E-state index is 0.120. The lowest BCUT2D eigenvalue weighted by Crippen LogP contribution is -2.47. The summed E-state index contributed by atoms with van der Waals surface area (Å²) in [5.41, 5.74) is 4.55. The van der Waals surface area contributed by atoms with Crippen LogP contribution in [0.25, 0.3) is 0 Å². The highest BCUT2D eigenvalue weighted by molar-refractivity contribution is 5.48. The number of anilines is 1. The van der Waals surface area contributed by atoms with Gasteiger partial charge in [0.2, 0.25) is 0 Å². The Hall–Kier alpha value is -2.66. The highest BCUT2D eigenvalue weighted by Crippen LogP contribution is 2.20. The molecular weight excluding hydrogens is 387 g/mol. The molecule has 0 saturated carbocycles. The highest BCUT2D eigenvalue weighted by Gasteiger charge is 2.19. The molecule has 0 radical (unpaired) electrons. The van der Waals surface area contributed by atoms with Gasteiger partial charge in [-0.2, -0.15) is 5.10 Å². The zero-order valence-corrected chi connectivity index (χ0v) is 18.5. The quantitative estimate of drug-likeness (QED) is 0.498. The Morgan fingerprint density at radius 2 is 1.65 bits per heavy atom. The van der Waals surface area contributed by atoms with E-state index in [2.05, 4.69) is 57.8 Å². The number of nitrogens with zero attached hydrogens (tertiary/aromatic N) is 4. The number of aromatic nitrogens is 2. The van der Waals surface area contributed by atoms with Gasteiger partial charge >= 0.3 is 0 Å². The predicted octanol–water partition coefficient (Wildman–Crippen LogP) is 4.78. The van der Waals surface area contributed by atoms with Gasteiger partial charge in [0.15, 0.2) is 0 Å². The van der Waals surface area contributed by atoms with Gasteiger partial charge in [0.25, 0.3) is 0 Å². The molecule has 0 amide bonds. The van der Waals surface area contributed by atoms with Crippen molar-refractivity contribution in [2.45, 2.75) is 39.2 Å². The van der Waals surface area contributed by atoms with Crippen molar-refractivity contribution in [3.8, 4) is 0 Å². The summed E-state index contributed by atoms with van der Waals surface area (Å²) in [7, 11) is 0. The van der Waals surface area contributed by atoms with Gasteiger partial charge in [-0.05, 0) is 49.6 Å². The molecule has 1 aliphatic heterocycles. The van der Waals surface area contributed by atoms with Gasteiger partial charge in [0.05, 0.1) is 17.9 Å². The molecule has 1 aliphatic rings. The minimum Gasteiger partial charge on any atom is -0.367 e. The third kappa shape index (κ3) is 5.73.